The van der Waals surface area contributed by atoms with Gasteiger partial charge < -0.3 is 15.5 Å². The summed E-state index contributed by atoms with van der Waals surface area (Å²) in [6.45, 7) is 1.18. The van der Waals surface area contributed by atoms with Crippen LogP contribution in [0, 0.1) is 0 Å². The summed E-state index contributed by atoms with van der Waals surface area (Å²) in [5.41, 5.74) is -0.582. The Bertz CT molecular complexity index is 350. The maximum absolute atomic E-state index is 11.8. The molecular formula is C10H17N3O3. The van der Waals surface area contributed by atoms with E-state index >= 15 is 0 Å². The molecule has 1 amide bonds. The Balaban J connectivity index is 2.81. The number of carbonyl (C=O) groups is 1. The van der Waals surface area contributed by atoms with Gasteiger partial charge in [0.15, 0.2) is 0 Å². The second kappa shape index (κ2) is 5.09. The molecule has 0 aliphatic rings. The Morgan fingerprint density at radius 1 is 1.56 bits per heavy atom. The quantitative estimate of drug-likeness (QED) is 0.619. The van der Waals surface area contributed by atoms with Crippen molar-refractivity contribution in [3.8, 4) is 0 Å². The molecule has 0 radical (unpaired) electrons. The van der Waals surface area contributed by atoms with E-state index in [0.717, 1.165) is 0 Å². The molecule has 0 fully saturated rings. The van der Waals surface area contributed by atoms with E-state index in [0.29, 0.717) is 12.1 Å². The standard InChI is InChI=1S/C10H17N3O3/c1-3-10(6-14,7-15)12-9(16)8-4-5-11-13(8)2/h4-5,14-15H,3,6-7H2,1-2H3,(H,12,16). The minimum Gasteiger partial charge on any atom is -0.394 e. The molecule has 0 aliphatic carbocycles. The summed E-state index contributed by atoms with van der Waals surface area (Å²) in [6.07, 6.45) is 1.96. The molecule has 1 rings (SSSR count). The molecule has 16 heavy (non-hydrogen) atoms. The van der Waals surface area contributed by atoms with Crippen molar-refractivity contribution < 1.29 is 15.0 Å². The minimum atomic E-state index is -0.971. The van der Waals surface area contributed by atoms with Crippen LogP contribution in [-0.2, 0) is 7.05 Å². The van der Waals surface area contributed by atoms with Gasteiger partial charge in [-0.25, -0.2) is 0 Å². The molecule has 0 aromatic carbocycles. The second-order valence-corrected chi connectivity index (χ2v) is 3.74. The van der Waals surface area contributed by atoms with E-state index in [1.807, 2.05) is 0 Å². The highest BCUT2D eigenvalue weighted by Crippen LogP contribution is 2.10. The van der Waals surface area contributed by atoms with Crippen LogP contribution >= 0.6 is 0 Å². The molecule has 0 unspecified atom stereocenters. The fourth-order valence-corrected chi connectivity index (χ4v) is 1.34. The first-order valence-electron chi connectivity index (χ1n) is 5.11. The summed E-state index contributed by atoms with van der Waals surface area (Å²) in [5, 5.41) is 24.9. The van der Waals surface area contributed by atoms with Crippen LogP contribution in [0.2, 0.25) is 0 Å². The fraction of sp³-hybridized carbons (Fsp3) is 0.600. The lowest BCUT2D eigenvalue weighted by Crippen LogP contribution is -2.54. The number of carbonyl (C=O) groups excluding carboxylic acids is 1. The number of hydrogen-bond donors (Lipinski definition) is 3. The number of hydrogen-bond acceptors (Lipinski definition) is 4. The first kappa shape index (κ1) is 12.7. The molecule has 0 aliphatic heterocycles. The summed E-state index contributed by atoms with van der Waals surface area (Å²) >= 11 is 0. The van der Waals surface area contributed by atoms with Gasteiger partial charge in [-0.2, -0.15) is 5.10 Å². The van der Waals surface area contributed by atoms with Gasteiger partial charge in [0, 0.05) is 13.2 Å². The van der Waals surface area contributed by atoms with Crippen molar-refractivity contribution in [2.45, 2.75) is 18.9 Å². The lowest BCUT2D eigenvalue weighted by Gasteiger charge is -2.29. The normalized spacial score (nSPS) is 11.5. The molecule has 0 bridgehead atoms. The largest absolute Gasteiger partial charge is 0.394 e. The third-order valence-corrected chi connectivity index (χ3v) is 2.71. The smallest absolute Gasteiger partial charge is 0.270 e. The van der Waals surface area contributed by atoms with Crippen molar-refractivity contribution in [1.29, 1.82) is 0 Å². The van der Waals surface area contributed by atoms with Crippen LogP contribution < -0.4 is 5.32 Å². The molecule has 6 heteroatoms. The van der Waals surface area contributed by atoms with E-state index in [-0.39, 0.29) is 19.1 Å². The van der Waals surface area contributed by atoms with E-state index in [1.165, 1.54) is 10.9 Å². The Hall–Kier alpha value is -1.40. The summed E-state index contributed by atoms with van der Waals surface area (Å²) in [4.78, 5) is 11.8. The van der Waals surface area contributed by atoms with E-state index in [9.17, 15) is 15.0 Å². The number of rotatable bonds is 5. The predicted octanol–water partition coefficient (Wildman–Crippen LogP) is -0.717. The van der Waals surface area contributed by atoms with Gasteiger partial charge in [-0.1, -0.05) is 6.92 Å². The molecule has 0 saturated carbocycles. The minimum absolute atomic E-state index is 0.302. The monoisotopic (exact) mass is 227 g/mol. The van der Waals surface area contributed by atoms with Crippen LogP contribution in [0.3, 0.4) is 0 Å². The molecule has 90 valence electrons. The SMILES string of the molecule is CCC(CO)(CO)NC(=O)c1ccnn1C. The molecule has 1 aromatic heterocycles. The van der Waals surface area contributed by atoms with E-state index < -0.39 is 5.54 Å². The van der Waals surface area contributed by atoms with Gasteiger partial charge in [0.05, 0.1) is 18.8 Å². The van der Waals surface area contributed by atoms with Crippen molar-refractivity contribution in [3.05, 3.63) is 18.0 Å². The van der Waals surface area contributed by atoms with Crippen LogP contribution in [0.1, 0.15) is 23.8 Å². The third-order valence-electron chi connectivity index (χ3n) is 2.71. The lowest BCUT2D eigenvalue weighted by atomic mass is 9.98. The van der Waals surface area contributed by atoms with Gasteiger partial charge in [0.1, 0.15) is 5.69 Å². The van der Waals surface area contributed by atoms with Crippen LogP contribution in [0.15, 0.2) is 12.3 Å². The highest BCUT2D eigenvalue weighted by molar-refractivity contribution is 5.93. The van der Waals surface area contributed by atoms with Crippen molar-refractivity contribution in [2.75, 3.05) is 13.2 Å². The maximum Gasteiger partial charge on any atom is 0.270 e. The Labute approximate surface area is 93.9 Å². The zero-order valence-corrected chi connectivity index (χ0v) is 9.47. The fourth-order valence-electron chi connectivity index (χ4n) is 1.34. The number of aromatic nitrogens is 2. The number of aryl methyl sites for hydroxylation is 1. The van der Waals surface area contributed by atoms with Crippen LogP contribution in [-0.4, -0.2) is 44.7 Å². The molecule has 1 heterocycles. The van der Waals surface area contributed by atoms with Crippen molar-refractivity contribution in [2.24, 2.45) is 7.05 Å². The number of nitrogens with zero attached hydrogens (tertiary/aromatic N) is 2. The topological polar surface area (TPSA) is 87.4 Å². The Morgan fingerprint density at radius 3 is 2.56 bits per heavy atom. The van der Waals surface area contributed by atoms with E-state index in [1.54, 1.807) is 20.0 Å². The molecule has 6 nitrogen and oxygen atoms in total. The number of amides is 1. The third kappa shape index (κ3) is 2.40. The van der Waals surface area contributed by atoms with Gasteiger partial charge in [0.2, 0.25) is 0 Å². The molecular weight excluding hydrogens is 210 g/mol. The molecule has 0 spiro atoms. The zero-order chi connectivity index (χ0) is 12.2. The van der Waals surface area contributed by atoms with Gasteiger partial charge >= 0.3 is 0 Å². The van der Waals surface area contributed by atoms with Crippen molar-refractivity contribution in [3.63, 3.8) is 0 Å². The Morgan fingerprint density at radius 2 is 2.19 bits per heavy atom. The van der Waals surface area contributed by atoms with Gasteiger partial charge in [-0.15, -0.1) is 0 Å². The number of aliphatic hydroxyl groups excluding tert-OH is 2. The van der Waals surface area contributed by atoms with Gasteiger partial charge in [0.25, 0.3) is 5.91 Å². The number of nitrogens with one attached hydrogen (secondary N) is 1. The van der Waals surface area contributed by atoms with E-state index in [2.05, 4.69) is 10.4 Å². The molecule has 3 N–H and O–H groups in total. The first-order chi connectivity index (χ1) is 7.58. The molecule has 0 atom stereocenters. The maximum atomic E-state index is 11.8. The lowest BCUT2D eigenvalue weighted by molar-refractivity contribution is 0.0645. The summed E-state index contributed by atoms with van der Waals surface area (Å²) in [5.74, 6) is -0.357. The zero-order valence-electron chi connectivity index (χ0n) is 9.47. The van der Waals surface area contributed by atoms with Crippen LogP contribution in [0.4, 0.5) is 0 Å². The first-order valence-corrected chi connectivity index (χ1v) is 5.11. The van der Waals surface area contributed by atoms with Crippen LogP contribution in [0.25, 0.3) is 0 Å². The van der Waals surface area contributed by atoms with Gasteiger partial charge in [-0.05, 0) is 12.5 Å². The van der Waals surface area contributed by atoms with Crippen LogP contribution in [0.5, 0.6) is 0 Å². The molecule has 0 saturated heterocycles. The Kier molecular flexibility index (Phi) is 4.03. The summed E-state index contributed by atoms with van der Waals surface area (Å²) in [7, 11) is 1.65. The van der Waals surface area contributed by atoms with Crippen molar-refractivity contribution >= 4 is 5.91 Å². The van der Waals surface area contributed by atoms with Gasteiger partial charge in [-0.3, -0.25) is 9.48 Å². The highest BCUT2D eigenvalue weighted by atomic mass is 16.3. The predicted molar refractivity (Wildman–Crippen MR) is 57.9 cm³/mol. The van der Waals surface area contributed by atoms with E-state index in [4.69, 9.17) is 0 Å². The number of aliphatic hydroxyl groups is 2. The van der Waals surface area contributed by atoms with Crippen molar-refractivity contribution in [1.82, 2.24) is 15.1 Å². The second-order valence-electron chi connectivity index (χ2n) is 3.74. The molecule has 1 aromatic rings. The highest BCUT2D eigenvalue weighted by Gasteiger charge is 2.29. The summed E-state index contributed by atoms with van der Waals surface area (Å²) < 4.78 is 1.44. The average molecular weight is 227 g/mol. The summed E-state index contributed by atoms with van der Waals surface area (Å²) in [6, 6.07) is 1.57. The average Bonchev–Trinajstić information content (AvgIpc) is 2.72.